The molecule has 0 saturated carbocycles. The van der Waals surface area contributed by atoms with Crippen molar-refractivity contribution in [1.82, 2.24) is 5.32 Å². The maximum atomic E-state index is 12.2. The van der Waals surface area contributed by atoms with Crippen LogP contribution in [0.3, 0.4) is 0 Å². The second-order valence-electron chi connectivity index (χ2n) is 5.49. The maximum Gasteiger partial charge on any atom is 0.273 e. The van der Waals surface area contributed by atoms with Crippen LogP contribution in [0.1, 0.15) is 43.1 Å². The number of nitrogens with one attached hydrogen (secondary N) is 1. The van der Waals surface area contributed by atoms with Crippen LogP contribution in [0.25, 0.3) is 0 Å². The molecule has 7 heteroatoms. The topological polar surface area (TPSA) is 98.3 Å². The Morgan fingerprint density at radius 2 is 2.05 bits per heavy atom. The zero-order valence-electron chi connectivity index (χ0n) is 13.2. The Labute approximate surface area is 137 Å². The molecule has 0 aliphatic heterocycles. The van der Waals surface area contributed by atoms with Crippen LogP contribution in [0.4, 0.5) is 5.69 Å². The van der Waals surface area contributed by atoms with Crippen molar-refractivity contribution in [2.24, 2.45) is 11.7 Å². The van der Waals surface area contributed by atoms with Crippen LogP contribution in [0, 0.1) is 16.0 Å². The van der Waals surface area contributed by atoms with Crippen LogP contribution in [0.5, 0.6) is 0 Å². The molecule has 0 spiro atoms. The molecule has 0 saturated heterocycles. The number of carbonyl (C=O) groups is 1. The molecule has 1 unspecified atom stereocenters. The summed E-state index contributed by atoms with van der Waals surface area (Å²) in [4.78, 5) is 22.8. The fourth-order valence-corrected chi connectivity index (χ4v) is 2.23. The number of nitrogens with zero attached hydrogens (tertiary/aromatic N) is 1. The summed E-state index contributed by atoms with van der Waals surface area (Å²) in [5, 5.41) is 13.9. The molecule has 1 rings (SSSR count). The van der Waals surface area contributed by atoms with Crippen molar-refractivity contribution in [1.29, 1.82) is 0 Å². The van der Waals surface area contributed by atoms with Crippen LogP contribution in [-0.4, -0.2) is 23.4 Å². The molecule has 1 aromatic carbocycles. The lowest BCUT2D eigenvalue weighted by molar-refractivity contribution is -0.385. The first-order valence-corrected chi connectivity index (χ1v) is 7.17. The van der Waals surface area contributed by atoms with Crippen molar-refractivity contribution in [3.63, 3.8) is 0 Å². The van der Waals surface area contributed by atoms with Crippen molar-refractivity contribution in [2.45, 2.75) is 39.7 Å². The molecule has 0 fully saturated rings. The van der Waals surface area contributed by atoms with E-state index in [0.717, 1.165) is 6.42 Å². The summed E-state index contributed by atoms with van der Waals surface area (Å²) in [6.07, 6.45) is 1.33. The highest BCUT2D eigenvalue weighted by atomic mass is 35.5. The van der Waals surface area contributed by atoms with Gasteiger partial charge in [0.2, 0.25) is 0 Å². The maximum absolute atomic E-state index is 12.2. The molecular weight excluding hydrogens is 306 g/mol. The van der Waals surface area contributed by atoms with Crippen molar-refractivity contribution < 1.29 is 9.72 Å². The Morgan fingerprint density at radius 1 is 1.41 bits per heavy atom. The largest absolute Gasteiger partial charge is 0.348 e. The van der Waals surface area contributed by atoms with Gasteiger partial charge in [0.1, 0.15) is 0 Å². The Morgan fingerprint density at radius 3 is 2.50 bits per heavy atom. The van der Waals surface area contributed by atoms with Crippen molar-refractivity contribution in [3.05, 3.63) is 39.4 Å². The molecule has 6 nitrogen and oxygen atoms in total. The minimum absolute atomic E-state index is 0. The molecule has 0 aliphatic rings. The van der Waals surface area contributed by atoms with E-state index in [0.29, 0.717) is 30.0 Å². The molecule has 0 radical (unpaired) electrons. The predicted molar refractivity (Wildman–Crippen MR) is 89.5 cm³/mol. The third kappa shape index (κ3) is 5.61. The fourth-order valence-electron chi connectivity index (χ4n) is 2.23. The standard InChI is InChI=1S/C15H23N3O3.ClH/c1-4-11-5-6-12(8-14(11)18(20)21)15(19)17-13(9-16)7-10(2)3;/h5-6,8,10,13H,4,7,9,16H2,1-3H3,(H,17,19);1H. The monoisotopic (exact) mass is 329 g/mol. The van der Waals surface area contributed by atoms with E-state index in [9.17, 15) is 14.9 Å². The number of hydrogen-bond acceptors (Lipinski definition) is 4. The molecule has 3 N–H and O–H groups in total. The second-order valence-corrected chi connectivity index (χ2v) is 5.49. The summed E-state index contributed by atoms with van der Waals surface area (Å²) in [7, 11) is 0. The van der Waals surface area contributed by atoms with Gasteiger partial charge in [0, 0.05) is 29.8 Å². The molecule has 1 aromatic rings. The SMILES string of the molecule is CCc1ccc(C(=O)NC(CN)CC(C)C)cc1[N+](=O)[O-].Cl. The van der Waals surface area contributed by atoms with Gasteiger partial charge in [-0.1, -0.05) is 26.8 Å². The molecule has 124 valence electrons. The van der Waals surface area contributed by atoms with Crippen molar-refractivity contribution in [2.75, 3.05) is 6.54 Å². The van der Waals surface area contributed by atoms with Gasteiger partial charge in [-0.05, 0) is 24.8 Å². The third-order valence-corrected chi connectivity index (χ3v) is 3.30. The van der Waals surface area contributed by atoms with E-state index in [1.54, 1.807) is 12.1 Å². The highest BCUT2D eigenvalue weighted by Gasteiger charge is 2.18. The summed E-state index contributed by atoms with van der Waals surface area (Å²) in [5.41, 5.74) is 6.55. The molecular formula is C15H24ClN3O3. The Kier molecular flexibility index (Phi) is 8.67. The van der Waals surface area contributed by atoms with E-state index in [2.05, 4.69) is 19.2 Å². The van der Waals surface area contributed by atoms with Crippen LogP contribution in [-0.2, 0) is 6.42 Å². The summed E-state index contributed by atoms with van der Waals surface area (Å²) < 4.78 is 0. The van der Waals surface area contributed by atoms with Crippen LogP contribution in [0.2, 0.25) is 0 Å². The van der Waals surface area contributed by atoms with Gasteiger partial charge in [-0.25, -0.2) is 0 Å². The van der Waals surface area contributed by atoms with Crippen molar-refractivity contribution >= 4 is 24.0 Å². The van der Waals surface area contributed by atoms with Crippen LogP contribution in [0.15, 0.2) is 18.2 Å². The summed E-state index contributed by atoms with van der Waals surface area (Å²) in [6, 6.07) is 4.45. The minimum Gasteiger partial charge on any atom is -0.348 e. The first-order valence-electron chi connectivity index (χ1n) is 7.17. The van der Waals surface area contributed by atoms with E-state index < -0.39 is 4.92 Å². The Hall–Kier alpha value is -1.66. The number of nitro benzene ring substituents is 1. The minimum atomic E-state index is -0.454. The highest BCUT2D eigenvalue weighted by Crippen LogP contribution is 2.21. The normalized spacial score (nSPS) is 11.7. The van der Waals surface area contributed by atoms with Gasteiger partial charge in [-0.2, -0.15) is 0 Å². The van der Waals surface area contributed by atoms with E-state index >= 15 is 0 Å². The van der Waals surface area contributed by atoms with Gasteiger partial charge < -0.3 is 11.1 Å². The molecule has 0 aromatic heterocycles. The van der Waals surface area contributed by atoms with E-state index in [1.807, 2.05) is 6.92 Å². The van der Waals surface area contributed by atoms with Gasteiger partial charge in [-0.3, -0.25) is 14.9 Å². The molecule has 22 heavy (non-hydrogen) atoms. The first-order chi connectivity index (χ1) is 9.88. The quantitative estimate of drug-likeness (QED) is 0.593. The number of nitro groups is 1. The number of amides is 1. The fraction of sp³-hybridized carbons (Fsp3) is 0.533. The number of hydrogen-bond donors (Lipinski definition) is 2. The molecule has 0 bridgehead atoms. The van der Waals surface area contributed by atoms with E-state index in [1.165, 1.54) is 6.07 Å². The Bertz CT molecular complexity index is 521. The number of halogens is 1. The molecule has 0 heterocycles. The average molecular weight is 330 g/mol. The van der Waals surface area contributed by atoms with Gasteiger partial charge in [0.25, 0.3) is 11.6 Å². The van der Waals surface area contributed by atoms with Crippen molar-refractivity contribution in [3.8, 4) is 0 Å². The van der Waals surface area contributed by atoms with Gasteiger partial charge in [0.05, 0.1) is 4.92 Å². The first kappa shape index (κ1) is 20.3. The van der Waals surface area contributed by atoms with Gasteiger partial charge in [0.15, 0.2) is 0 Å². The molecule has 1 amide bonds. The van der Waals surface area contributed by atoms with E-state index in [-0.39, 0.29) is 30.0 Å². The Balaban J connectivity index is 0.00000441. The average Bonchev–Trinajstić information content (AvgIpc) is 2.45. The number of aryl methyl sites for hydroxylation is 1. The number of carbonyl (C=O) groups excluding carboxylic acids is 1. The smallest absolute Gasteiger partial charge is 0.273 e. The third-order valence-electron chi connectivity index (χ3n) is 3.30. The predicted octanol–water partition coefficient (Wildman–Crippen LogP) is 2.68. The number of nitrogens with two attached hydrogens (primary N) is 1. The van der Waals surface area contributed by atoms with Gasteiger partial charge >= 0.3 is 0 Å². The summed E-state index contributed by atoms with van der Waals surface area (Å²) >= 11 is 0. The van der Waals surface area contributed by atoms with Crippen LogP contribution < -0.4 is 11.1 Å². The summed E-state index contributed by atoms with van der Waals surface area (Å²) in [6.45, 7) is 6.29. The highest BCUT2D eigenvalue weighted by molar-refractivity contribution is 5.95. The zero-order chi connectivity index (χ0) is 16.0. The van der Waals surface area contributed by atoms with E-state index in [4.69, 9.17) is 5.73 Å². The number of rotatable bonds is 7. The number of benzene rings is 1. The lowest BCUT2D eigenvalue weighted by Crippen LogP contribution is -2.41. The molecule has 1 atom stereocenters. The lowest BCUT2D eigenvalue weighted by Gasteiger charge is -2.18. The van der Waals surface area contributed by atoms with Gasteiger partial charge in [-0.15, -0.1) is 12.4 Å². The second kappa shape index (κ2) is 9.38. The summed E-state index contributed by atoms with van der Waals surface area (Å²) in [5.74, 6) is 0.0903. The lowest BCUT2D eigenvalue weighted by atomic mass is 10.0. The molecule has 0 aliphatic carbocycles. The van der Waals surface area contributed by atoms with Crippen LogP contribution >= 0.6 is 12.4 Å². The zero-order valence-corrected chi connectivity index (χ0v) is 14.0.